The van der Waals surface area contributed by atoms with Gasteiger partial charge in [0.2, 0.25) is 0 Å². The Kier molecular flexibility index (Phi) is 6.30. The molecule has 2 atom stereocenters. The Morgan fingerprint density at radius 2 is 1.95 bits per heavy atom. The van der Waals surface area contributed by atoms with Gasteiger partial charge in [0.15, 0.2) is 6.10 Å². The predicted octanol–water partition coefficient (Wildman–Crippen LogP) is 2.94. The minimum absolute atomic E-state index is 0.102. The third kappa shape index (κ3) is 4.79. The summed E-state index contributed by atoms with van der Waals surface area (Å²) >= 11 is 11.9. The fourth-order valence-corrected chi connectivity index (χ4v) is 2.04. The normalized spacial score (nSPS) is 13.4. The van der Waals surface area contributed by atoms with Crippen LogP contribution in [0.15, 0.2) is 18.2 Å². The van der Waals surface area contributed by atoms with Gasteiger partial charge in [0.05, 0.1) is 10.9 Å². The Morgan fingerprint density at radius 1 is 1.33 bits per heavy atom. The molecule has 0 heterocycles. The molecule has 0 saturated carbocycles. The zero-order chi connectivity index (χ0) is 16.2. The van der Waals surface area contributed by atoms with Gasteiger partial charge in [-0.2, -0.15) is 0 Å². The number of carboxylic acid groups (broad SMARTS) is 1. The van der Waals surface area contributed by atoms with E-state index in [0.29, 0.717) is 10.8 Å². The standard InChI is InChI=1S/C14H17Cl2NO4/c1-8(14(19)20)7-17(3)13(18)9(2)21-11-6-4-5-10(15)12(11)16/h4-6,8-9H,7H2,1-3H3,(H,19,20). The van der Waals surface area contributed by atoms with Crippen molar-refractivity contribution < 1.29 is 19.4 Å². The largest absolute Gasteiger partial charge is 0.481 e. The molecule has 5 nitrogen and oxygen atoms in total. The van der Waals surface area contributed by atoms with Gasteiger partial charge in [0, 0.05) is 13.6 Å². The molecule has 0 aliphatic rings. The number of nitrogens with zero attached hydrogens (tertiary/aromatic N) is 1. The summed E-state index contributed by atoms with van der Waals surface area (Å²) in [6.45, 7) is 3.21. The SMILES string of the molecule is CC(CN(C)C(=O)C(C)Oc1cccc(Cl)c1Cl)C(=O)O. The summed E-state index contributed by atoms with van der Waals surface area (Å²) in [5.41, 5.74) is 0. The summed E-state index contributed by atoms with van der Waals surface area (Å²) in [6.07, 6.45) is -0.799. The number of carboxylic acids is 1. The first-order chi connectivity index (χ1) is 9.73. The lowest BCUT2D eigenvalue weighted by molar-refractivity contribution is -0.144. The lowest BCUT2D eigenvalue weighted by Gasteiger charge is -2.24. The first-order valence-corrected chi connectivity index (χ1v) is 7.08. The summed E-state index contributed by atoms with van der Waals surface area (Å²) in [5.74, 6) is -1.63. The van der Waals surface area contributed by atoms with Gasteiger partial charge in [-0.15, -0.1) is 0 Å². The number of likely N-dealkylation sites (N-methyl/N-ethyl adjacent to an activating group) is 1. The summed E-state index contributed by atoms with van der Waals surface area (Å²) in [5, 5.41) is 9.42. The van der Waals surface area contributed by atoms with E-state index >= 15 is 0 Å². The predicted molar refractivity (Wildman–Crippen MR) is 81.0 cm³/mol. The van der Waals surface area contributed by atoms with E-state index in [1.165, 1.54) is 18.9 Å². The summed E-state index contributed by atoms with van der Waals surface area (Å²) in [4.78, 5) is 24.3. The summed E-state index contributed by atoms with van der Waals surface area (Å²) in [6, 6.07) is 4.89. The van der Waals surface area contributed by atoms with E-state index in [2.05, 4.69) is 0 Å². The van der Waals surface area contributed by atoms with Gasteiger partial charge in [-0.1, -0.05) is 36.2 Å². The maximum absolute atomic E-state index is 12.1. The van der Waals surface area contributed by atoms with Crippen LogP contribution in [0.1, 0.15) is 13.8 Å². The van der Waals surface area contributed by atoms with E-state index in [1.54, 1.807) is 25.1 Å². The van der Waals surface area contributed by atoms with Crippen molar-refractivity contribution in [3.05, 3.63) is 28.2 Å². The molecule has 0 radical (unpaired) electrons. The van der Waals surface area contributed by atoms with Gasteiger partial charge < -0.3 is 14.7 Å². The maximum atomic E-state index is 12.1. The molecule has 1 aromatic rings. The van der Waals surface area contributed by atoms with Gasteiger partial charge in [-0.3, -0.25) is 9.59 Å². The molecule has 0 fully saturated rings. The molecule has 1 aromatic carbocycles. The monoisotopic (exact) mass is 333 g/mol. The van der Waals surface area contributed by atoms with E-state index in [-0.39, 0.29) is 17.5 Å². The number of carbonyl (C=O) groups is 2. The second kappa shape index (κ2) is 7.52. The Morgan fingerprint density at radius 3 is 2.52 bits per heavy atom. The highest BCUT2D eigenvalue weighted by molar-refractivity contribution is 6.42. The molecule has 21 heavy (non-hydrogen) atoms. The fraction of sp³-hybridized carbons (Fsp3) is 0.429. The Bertz CT molecular complexity index is 536. The van der Waals surface area contributed by atoms with Crippen molar-refractivity contribution in [1.29, 1.82) is 0 Å². The molecule has 0 bridgehead atoms. The van der Waals surface area contributed by atoms with E-state index in [4.69, 9.17) is 33.0 Å². The molecule has 0 aliphatic carbocycles. The molecular formula is C14H17Cl2NO4. The molecule has 1 N–H and O–H groups in total. The molecule has 7 heteroatoms. The van der Waals surface area contributed by atoms with Gasteiger partial charge >= 0.3 is 5.97 Å². The summed E-state index contributed by atoms with van der Waals surface area (Å²) < 4.78 is 5.50. The average molecular weight is 334 g/mol. The van der Waals surface area contributed by atoms with Crippen LogP contribution in [0, 0.1) is 5.92 Å². The maximum Gasteiger partial charge on any atom is 0.308 e. The molecule has 0 aliphatic heterocycles. The lowest BCUT2D eigenvalue weighted by Crippen LogP contribution is -2.41. The second-order valence-corrected chi connectivity index (χ2v) is 5.56. The smallest absolute Gasteiger partial charge is 0.308 e. The zero-order valence-corrected chi connectivity index (χ0v) is 13.5. The van der Waals surface area contributed by atoms with Crippen molar-refractivity contribution in [2.75, 3.05) is 13.6 Å². The van der Waals surface area contributed by atoms with Crippen LogP contribution in [0.3, 0.4) is 0 Å². The van der Waals surface area contributed by atoms with Crippen molar-refractivity contribution in [2.24, 2.45) is 5.92 Å². The average Bonchev–Trinajstić information content (AvgIpc) is 2.42. The number of aliphatic carboxylic acids is 1. The first kappa shape index (κ1) is 17.6. The van der Waals surface area contributed by atoms with E-state index in [9.17, 15) is 9.59 Å². The van der Waals surface area contributed by atoms with E-state index in [1.807, 2.05) is 0 Å². The number of carbonyl (C=O) groups excluding carboxylic acids is 1. The van der Waals surface area contributed by atoms with Crippen LogP contribution in [0.4, 0.5) is 0 Å². The van der Waals surface area contributed by atoms with Crippen LogP contribution >= 0.6 is 23.2 Å². The van der Waals surface area contributed by atoms with Gasteiger partial charge in [-0.05, 0) is 19.1 Å². The van der Waals surface area contributed by atoms with Crippen molar-refractivity contribution in [3.63, 3.8) is 0 Å². The number of amides is 1. The van der Waals surface area contributed by atoms with Crippen LogP contribution in [0.25, 0.3) is 0 Å². The number of hydrogen-bond donors (Lipinski definition) is 1. The zero-order valence-electron chi connectivity index (χ0n) is 12.0. The van der Waals surface area contributed by atoms with Crippen LogP contribution in [-0.4, -0.2) is 41.6 Å². The second-order valence-electron chi connectivity index (χ2n) is 4.77. The highest BCUT2D eigenvalue weighted by Gasteiger charge is 2.23. The Hall–Kier alpha value is -1.46. The number of rotatable bonds is 6. The quantitative estimate of drug-likeness (QED) is 0.869. The summed E-state index contributed by atoms with van der Waals surface area (Å²) in [7, 11) is 1.53. The molecule has 0 spiro atoms. The van der Waals surface area contributed by atoms with Gasteiger partial charge in [0.1, 0.15) is 10.8 Å². The van der Waals surface area contributed by atoms with Crippen molar-refractivity contribution >= 4 is 35.1 Å². The lowest BCUT2D eigenvalue weighted by atomic mass is 10.1. The Balaban J connectivity index is 2.70. The molecule has 0 aromatic heterocycles. The Labute approximate surface area is 133 Å². The fourth-order valence-electron chi connectivity index (χ4n) is 1.71. The van der Waals surface area contributed by atoms with Crippen molar-refractivity contribution in [2.45, 2.75) is 20.0 Å². The number of halogens is 2. The number of benzene rings is 1. The molecule has 0 saturated heterocycles. The topological polar surface area (TPSA) is 66.8 Å². The highest BCUT2D eigenvalue weighted by atomic mass is 35.5. The van der Waals surface area contributed by atoms with Crippen LogP contribution in [0.2, 0.25) is 10.0 Å². The number of ether oxygens (including phenoxy) is 1. The third-order valence-corrected chi connectivity index (χ3v) is 3.71. The van der Waals surface area contributed by atoms with Crippen LogP contribution in [-0.2, 0) is 9.59 Å². The molecule has 2 unspecified atom stereocenters. The first-order valence-electron chi connectivity index (χ1n) is 6.32. The highest BCUT2D eigenvalue weighted by Crippen LogP contribution is 2.32. The minimum atomic E-state index is -0.957. The van der Waals surface area contributed by atoms with Crippen molar-refractivity contribution in [1.82, 2.24) is 4.90 Å². The minimum Gasteiger partial charge on any atom is -0.481 e. The molecule has 1 amide bonds. The van der Waals surface area contributed by atoms with Crippen molar-refractivity contribution in [3.8, 4) is 5.75 Å². The third-order valence-electron chi connectivity index (χ3n) is 2.91. The number of hydrogen-bond acceptors (Lipinski definition) is 3. The molecular weight excluding hydrogens is 317 g/mol. The van der Waals surface area contributed by atoms with Crippen LogP contribution in [0.5, 0.6) is 5.75 Å². The van der Waals surface area contributed by atoms with Gasteiger partial charge in [-0.25, -0.2) is 0 Å². The molecule has 116 valence electrons. The van der Waals surface area contributed by atoms with Crippen LogP contribution < -0.4 is 4.74 Å². The van der Waals surface area contributed by atoms with Gasteiger partial charge in [0.25, 0.3) is 5.91 Å². The van der Waals surface area contributed by atoms with E-state index in [0.717, 1.165) is 0 Å². The molecule has 1 rings (SSSR count). The van der Waals surface area contributed by atoms with E-state index < -0.39 is 18.0 Å².